The first kappa shape index (κ1) is 17.2. The summed E-state index contributed by atoms with van der Waals surface area (Å²) in [5, 5.41) is 11.9. The van der Waals surface area contributed by atoms with Crippen molar-refractivity contribution in [1.29, 1.82) is 0 Å². The first-order valence-electron chi connectivity index (χ1n) is 7.08. The summed E-state index contributed by atoms with van der Waals surface area (Å²) in [6.07, 6.45) is -0.665. The number of carboxylic acid groups (broad SMARTS) is 1. The molecule has 2 rings (SSSR count). The Kier molecular flexibility index (Phi) is 4.58. The zero-order chi connectivity index (χ0) is 17.3. The fraction of sp³-hybridized carbons (Fsp3) is 0.571. The average Bonchev–Trinajstić information content (AvgIpc) is 2.46. The van der Waals surface area contributed by atoms with Gasteiger partial charge in [-0.1, -0.05) is 12.8 Å². The highest BCUT2D eigenvalue weighted by atomic mass is 19.4. The lowest BCUT2D eigenvalue weighted by Crippen LogP contribution is -2.55. The third-order valence-electron chi connectivity index (χ3n) is 4.07. The van der Waals surface area contributed by atoms with Crippen LogP contribution in [0.25, 0.3) is 0 Å². The molecule has 1 fully saturated rings. The van der Waals surface area contributed by atoms with Crippen molar-refractivity contribution in [3.05, 3.63) is 23.8 Å². The number of aliphatic carboxylic acids is 1. The molecule has 0 aromatic carbocycles. The molecule has 1 aliphatic carbocycles. The van der Waals surface area contributed by atoms with Gasteiger partial charge < -0.3 is 10.4 Å². The van der Waals surface area contributed by atoms with Gasteiger partial charge in [0.1, 0.15) is 0 Å². The molecule has 0 saturated heterocycles. The molecule has 0 radical (unpaired) electrons. The molecule has 1 amide bonds. The lowest BCUT2D eigenvalue weighted by atomic mass is 9.74. The Labute approximate surface area is 130 Å². The topological polar surface area (TPSA) is 92.2 Å². The SMILES string of the molecule is CC1(NC(=O)c2cnc(C(F)(F)F)nc2)CCCCC1C(=O)O. The van der Waals surface area contributed by atoms with Crippen molar-refractivity contribution in [3.63, 3.8) is 0 Å². The number of aromatic nitrogens is 2. The summed E-state index contributed by atoms with van der Waals surface area (Å²) >= 11 is 0. The number of carbonyl (C=O) groups is 2. The van der Waals surface area contributed by atoms with Gasteiger partial charge in [0.25, 0.3) is 5.91 Å². The second kappa shape index (κ2) is 6.13. The second-order valence-electron chi connectivity index (χ2n) is 5.80. The minimum Gasteiger partial charge on any atom is -0.481 e. The van der Waals surface area contributed by atoms with Crippen molar-refractivity contribution in [2.75, 3.05) is 0 Å². The molecule has 9 heteroatoms. The van der Waals surface area contributed by atoms with Gasteiger partial charge in [-0.3, -0.25) is 9.59 Å². The smallest absolute Gasteiger partial charge is 0.451 e. The van der Waals surface area contributed by atoms with E-state index in [1.165, 1.54) is 0 Å². The fourth-order valence-electron chi connectivity index (χ4n) is 2.80. The van der Waals surface area contributed by atoms with Gasteiger partial charge in [0.2, 0.25) is 5.82 Å². The van der Waals surface area contributed by atoms with Crippen LogP contribution in [0.5, 0.6) is 0 Å². The molecule has 0 aliphatic heterocycles. The highest BCUT2D eigenvalue weighted by Gasteiger charge is 2.42. The van der Waals surface area contributed by atoms with Gasteiger partial charge in [-0.25, -0.2) is 9.97 Å². The third-order valence-corrected chi connectivity index (χ3v) is 4.07. The summed E-state index contributed by atoms with van der Waals surface area (Å²) in [6.45, 7) is 1.63. The number of nitrogens with zero attached hydrogens (tertiary/aromatic N) is 2. The normalized spacial score (nSPS) is 25.0. The van der Waals surface area contributed by atoms with Gasteiger partial charge in [0.05, 0.1) is 17.0 Å². The molecule has 0 spiro atoms. The summed E-state index contributed by atoms with van der Waals surface area (Å²) in [7, 11) is 0. The number of carbonyl (C=O) groups excluding carboxylic acids is 1. The lowest BCUT2D eigenvalue weighted by Gasteiger charge is -2.39. The van der Waals surface area contributed by atoms with E-state index >= 15 is 0 Å². The molecule has 2 unspecified atom stereocenters. The maximum Gasteiger partial charge on any atom is 0.451 e. The zero-order valence-corrected chi connectivity index (χ0v) is 12.4. The Bertz CT molecular complexity index is 604. The van der Waals surface area contributed by atoms with E-state index in [-0.39, 0.29) is 5.56 Å². The Morgan fingerprint density at radius 3 is 2.43 bits per heavy atom. The van der Waals surface area contributed by atoms with Crippen LogP contribution in [-0.2, 0) is 11.0 Å². The monoisotopic (exact) mass is 331 g/mol. The molecule has 0 bridgehead atoms. The molecule has 2 atom stereocenters. The first-order chi connectivity index (χ1) is 10.6. The van der Waals surface area contributed by atoms with Crippen LogP contribution in [0, 0.1) is 5.92 Å². The van der Waals surface area contributed by atoms with Gasteiger partial charge in [0.15, 0.2) is 0 Å². The number of carboxylic acids is 1. The molecule has 23 heavy (non-hydrogen) atoms. The predicted octanol–water partition coefficient (Wildman–Crippen LogP) is 2.26. The molecule has 1 aromatic heterocycles. The Hall–Kier alpha value is -2.19. The fourth-order valence-corrected chi connectivity index (χ4v) is 2.80. The number of hydrogen-bond acceptors (Lipinski definition) is 4. The predicted molar refractivity (Wildman–Crippen MR) is 72.5 cm³/mol. The van der Waals surface area contributed by atoms with Crippen LogP contribution in [0.15, 0.2) is 12.4 Å². The largest absolute Gasteiger partial charge is 0.481 e. The van der Waals surface area contributed by atoms with E-state index in [0.717, 1.165) is 25.2 Å². The van der Waals surface area contributed by atoms with Gasteiger partial charge in [-0.15, -0.1) is 0 Å². The summed E-state index contributed by atoms with van der Waals surface area (Å²) < 4.78 is 37.2. The molecule has 1 heterocycles. The van der Waals surface area contributed by atoms with E-state index < -0.39 is 35.3 Å². The standard InChI is InChI=1S/C14H16F3N3O3/c1-13(5-3-2-4-9(13)11(22)23)20-10(21)8-6-18-12(19-7-8)14(15,16)17/h6-7,9H,2-5H2,1H3,(H,20,21)(H,22,23). The molecular weight excluding hydrogens is 315 g/mol. The van der Waals surface area contributed by atoms with Crippen LogP contribution in [0.4, 0.5) is 13.2 Å². The van der Waals surface area contributed by atoms with Crippen LogP contribution in [0.1, 0.15) is 48.8 Å². The first-order valence-corrected chi connectivity index (χ1v) is 7.08. The van der Waals surface area contributed by atoms with Crippen molar-refractivity contribution in [3.8, 4) is 0 Å². The van der Waals surface area contributed by atoms with Gasteiger partial charge in [0, 0.05) is 12.4 Å². The van der Waals surface area contributed by atoms with Crippen molar-refractivity contribution in [1.82, 2.24) is 15.3 Å². The van der Waals surface area contributed by atoms with Crippen LogP contribution in [0.3, 0.4) is 0 Å². The quantitative estimate of drug-likeness (QED) is 0.886. The van der Waals surface area contributed by atoms with Gasteiger partial charge in [-0.05, 0) is 19.8 Å². The summed E-state index contributed by atoms with van der Waals surface area (Å²) in [5.74, 6) is -3.76. The van der Waals surface area contributed by atoms with E-state index in [0.29, 0.717) is 12.8 Å². The number of amides is 1. The molecule has 1 aliphatic rings. The number of rotatable bonds is 3. The highest BCUT2D eigenvalue weighted by Crippen LogP contribution is 2.34. The summed E-state index contributed by atoms with van der Waals surface area (Å²) in [6, 6.07) is 0. The van der Waals surface area contributed by atoms with E-state index in [4.69, 9.17) is 0 Å². The lowest BCUT2D eigenvalue weighted by molar-refractivity contribution is -0.146. The molecular formula is C14H16F3N3O3. The van der Waals surface area contributed by atoms with Crippen LogP contribution < -0.4 is 5.32 Å². The Balaban J connectivity index is 2.15. The zero-order valence-electron chi connectivity index (χ0n) is 12.4. The molecule has 1 aromatic rings. The van der Waals surface area contributed by atoms with Crippen molar-refractivity contribution in [2.45, 2.75) is 44.3 Å². The van der Waals surface area contributed by atoms with Crippen LogP contribution >= 0.6 is 0 Å². The van der Waals surface area contributed by atoms with Crippen LogP contribution in [0.2, 0.25) is 0 Å². The molecule has 126 valence electrons. The minimum atomic E-state index is -4.68. The highest BCUT2D eigenvalue weighted by molar-refractivity contribution is 5.94. The maximum absolute atomic E-state index is 12.4. The number of alkyl halides is 3. The van der Waals surface area contributed by atoms with E-state index in [1.54, 1.807) is 6.92 Å². The Morgan fingerprint density at radius 2 is 1.91 bits per heavy atom. The van der Waals surface area contributed by atoms with Crippen LogP contribution in [-0.4, -0.2) is 32.5 Å². The average molecular weight is 331 g/mol. The Morgan fingerprint density at radius 1 is 1.30 bits per heavy atom. The van der Waals surface area contributed by atoms with Crippen molar-refractivity contribution in [2.24, 2.45) is 5.92 Å². The molecule has 2 N–H and O–H groups in total. The van der Waals surface area contributed by atoms with E-state index in [9.17, 15) is 27.9 Å². The molecule has 6 nitrogen and oxygen atoms in total. The minimum absolute atomic E-state index is 0.145. The number of halogens is 3. The van der Waals surface area contributed by atoms with Gasteiger partial charge >= 0.3 is 12.1 Å². The van der Waals surface area contributed by atoms with E-state index in [2.05, 4.69) is 15.3 Å². The van der Waals surface area contributed by atoms with E-state index in [1.807, 2.05) is 0 Å². The van der Waals surface area contributed by atoms with Gasteiger partial charge in [-0.2, -0.15) is 13.2 Å². The third kappa shape index (κ3) is 3.77. The number of nitrogens with one attached hydrogen (secondary N) is 1. The van der Waals surface area contributed by atoms with Crippen molar-refractivity contribution >= 4 is 11.9 Å². The summed E-state index contributed by atoms with van der Waals surface area (Å²) in [5.41, 5.74) is -1.10. The second-order valence-corrected chi connectivity index (χ2v) is 5.80. The van der Waals surface area contributed by atoms with Crippen molar-refractivity contribution < 1.29 is 27.9 Å². The number of hydrogen-bond donors (Lipinski definition) is 2. The summed E-state index contributed by atoms with van der Waals surface area (Å²) in [4.78, 5) is 29.8. The molecule has 1 saturated carbocycles. The maximum atomic E-state index is 12.4.